The maximum atomic E-state index is 13.6. The van der Waals surface area contributed by atoms with Crippen LogP contribution in [-0.2, 0) is 6.54 Å². The minimum atomic E-state index is -0.323. The minimum absolute atomic E-state index is 0.323. The Morgan fingerprint density at radius 2 is 2.29 bits per heavy atom. The second kappa shape index (κ2) is 5.33. The first-order chi connectivity index (χ1) is 8.22. The number of rotatable bonds is 4. The number of thiazole rings is 1. The van der Waals surface area contributed by atoms with E-state index in [0.29, 0.717) is 5.56 Å². The summed E-state index contributed by atoms with van der Waals surface area (Å²) in [6.07, 6.45) is 2.80. The molecule has 0 aromatic carbocycles. The Hall–Kier alpha value is -1.33. The highest BCUT2D eigenvalue weighted by atomic mass is 32.1. The molecular formula is C12H14FN3S. The normalized spacial score (nSPS) is 10.8. The van der Waals surface area contributed by atoms with Gasteiger partial charge in [0, 0.05) is 23.2 Å². The van der Waals surface area contributed by atoms with Gasteiger partial charge in [-0.3, -0.25) is 4.98 Å². The van der Waals surface area contributed by atoms with Gasteiger partial charge < -0.3 is 5.32 Å². The largest absolute Gasteiger partial charge is 0.312 e. The molecule has 5 heteroatoms. The van der Waals surface area contributed by atoms with E-state index in [1.54, 1.807) is 12.3 Å². The monoisotopic (exact) mass is 251 g/mol. The lowest BCUT2D eigenvalue weighted by Gasteiger charge is -1.98. The van der Waals surface area contributed by atoms with Crippen LogP contribution in [0.15, 0.2) is 18.5 Å². The topological polar surface area (TPSA) is 37.8 Å². The number of nitrogens with one attached hydrogen (secondary N) is 1. The molecule has 0 spiro atoms. The average Bonchev–Trinajstić information content (AvgIpc) is 2.68. The highest BCUT2D eigenvalue weighted by Gasteiger charge is 2.12. The molecule has 17 heavy (non-hydrogen) atoms. The molecule has 0 unspecified atom stereocenters. The van der Waals surface area contributed by atoms with Gasteiger partial charge in [0.2, 0.25) is 0 Å². The molecule has 2 aromatic heterocycles. The van der Waals surface area contributed by atoms with Crippen LogP contribution >= 0.6 is 11.3 Å². The first-order valence-corrected chi connectivity index (χ1v) is 6.31. The molecule has 0 aliphatic heterocycles. The van der Waals surface area contributed by atoms with Crippen LogP contribution < -0.4 is 5.32 Å². The van der Waals surface area contributed by atoms with E-state index in [1.807, 2.05) is 6.92 Å². The number of hydrogen-bond donors (Lipinski definition) is 1. The summed E-state index contributed by atoms with van der Waals surface area (Å²) in [5, 5.41) is 3.97. The quantitative estimate of drug-likeness (QED) is 0.908. The molecule has 0 radical (unpaired) electrons. The summed E-state index contributed by atoms with van der Waals surface area (Å²) < 4.78 is 13.6. The predicted octanol–water partition coefficient (Wildman–Crippen LogP) is 2.76. The van der Waals surface area contributed by atoms with Crippen molar-refractivity contribution in [3.8, 4) is 10.6 Å². The highest BCUT2D eigenvalue weighted by molar-refractivity contribution is 7.15. The van der Waals surface area contributed by atoms with Gasteiger partial charge in [0.15, 0.2) is 5.82 Å². The van der Waals surface area contributed by atoms with Crippen molar-refractivity contribution in [2.45, 2.75) is 20.4 Å². The van der Waals surface area contributed by atoms with E-state index in [1.165, 1.54) is 17.5 Å². The maximum absolute atomic E-state index is 13.6. The van der Waals surface area contributed by atoms with Crippen molar-refractivity contribution < 1.29 is 4.39 Å². The third-order valence-corrected chi connectivity index (χ3v) is 3.62. The molecule has 90 valence electrons. The van der Waals surface area contributed by atoms with Crippen LogP contribution in [0.1, 0.15) is 17.5 Å². The minimum Gasteiger partial charge on any atom is -0.312 e. The van der Waals surface area contributed by atoms with Gasteiger partial charge >= 0.3 is 0 Å². The Balaban J connectivity index is 2.31. The van der Waals surface area contributed by atoms with E-state index in [4.69, 9.17) is 0 Å². The molecule has 0 saturated heterocycles. The van der Waals surface area contributed by atoms with Crippen molar-refractivity contribution in [1.82, 2.24) is 15.3 Å². The molecule has 0 aliphatic rings. The molecule has 0 bridgehead atoms. The molecule has 3 nitrogen and oxygen atoms in total. The van der Waals surface area contributed by atoms with Crippen LogP contribution in [0.25, 0.3) is 10.6 Å². The zero-order valence-electron chi connectivity index (χ0n) is 9.83. The molecule has 2 heterocycles. The summed E-state index contributed by atoms with van der Waals surface area (Å²) in [4.78, 5) is 9.30. The van der Waals surface area contributed by atoms with Gasteiger partial charge in [-0.05, 0) is 19.5 Å². The Bertz CT molecular complexity index is 510. The van der Waals surface area contributed by atoms with E-state index in [-0.39, 0.29) is 5.82 Å². The van der Waals surface area contributed by atoms with Crippen molar-refractivity contribution in [2.24, 2.45) is 0 Å². The second-order valence-electron chi connectivity index (χ2n) is 3.66. The molecular weight excluding hydrogens is 237 g/mol. The van der Waals surface area contributed by atoms with Gasteiger partial charge in [-0.15, -0.1) is 11.3 Å². The van der Waals surface area contributed by atoms with Gasteiger partial charge in [-0.1, -0.05) is 6.92 Å². The van der Waals surface area contributed by atoms with Crippen LogP contribution in [0.4, 0.5) is 4.39 Å². The lowest BCUT2D eigenvalue weighted by atomic mass is 10.3. The summed E-state index contributed by atoms with van der Waals surface area (Å²) in [6.45, 7) is 5.70. The van der Waals surface area contributed by atoms with Gasteiger partial charge in [-0.25, -0.2) is 9.37 Å². The zero-order valence-corrected chi connectivity index (χ0v) is 10.6. The summed E-state index contributed by atoms with van der Waals surface area (Å²) in [5.41, 5.74) is 1.48. The third-order valence-electron chi connectivity index (χ3n) is 2.43. The number of hydrogen-bond acceptors (Lipinski definition) is 4. The smallest absolute Gasteiger partial charge is 0.151 e. The number of halogens is 1. The van der Waals surface area contributed by atoms with Crippen molar-refractivity contribution in [1.29, 1.82) is 0 Å². The number of aryl methyl sites for hydroxylation is 1. The Morgan fingerprint density at radius 3 is 3.00 bits per heavy atom. The highest BCUT2D eigenvalue weighted by Crippen LogP contribution is 2.29. The second-order valence-corrected chi connectivity index (χ2v) is 4.75. The summed E-state index contributed by atoms with van der Waals surface area (Å²) >= 11 is 1.53. The van der Waals surface area contributed by atoms with Gasteiger partial charge in [-0.2, -0.15) is 0 Å². The average molecular weight is 251 g/mol. The van der Waals surface area contributed by atoms with E-state index in [2.05, 4.69) is 22.2 Å². The first kappa shape index (κ1) is 12.1. The van der Waals surface area contributed by atoms with Crippen LogP contribution in [0, 0.1) is 12.7 Å². The van der Waals surface area contributed by atoms with Gasteiger partial charge in [0.05, 0.1) is 11.9 Å². The molecule has 2 rings (SSSR count). The number of pyridine rings is 1. The Labute approximate surface area is 104 Å². The van der Waals surface area contributed by atoms with E-state index in [9.17, 15) is 4.39 Å². The van der Waals surface area contributed by atoms with Crippen molar-refractivity contribution in [2.75, 3.05) is 6.54 Å². The lowest BCUT2D eigenvalue weighted by molar-refractivity contribution is 0.625. The molecule has 0 atom stereocenters. The zero-order chi connectivity index (χ0) is 12.3. The number of nitrogens with zero attached hydrogens (tertiary/aromatic N) is 2. The maximum Gasteiger partial charge on any atom is 0.151 e. The van der Waals surface area contributed by atoms with Crippen molar-refractivity contribution >= 4 is 11.3 Å². The SMILES string of the molecule is CCNCc1sc(-c2ccncc2F)nc1C. The molecule has 0 amide bonds. The fraction of sp³-hybridized carbons (Fsp3) is 0.333. The third kappa shape index (κ3) is 2.68. The van der Waals surface area contributed by atoms with Gasteiger partial charge in [0.1, 0.15) is 5.01 Å². The molecule has 1 N–H and O–H groups in total. The Morgan fingerprint density at radius 1 is 1.47 bits per heavy atom. The number of aromatic nitrogens is 2. The van der Waals surface area contributed by atoms with Crippen molar-refractivity contribution in [3.63, 3.8) is 0 Å². The van der Waals surface area contributed by atoms with Crippen molar-refractivity contribution in [3.05, 3.63) is 34.8 Å². The standard InChI is InChI=1S/C12H14FN3S/c1-3-14-7-11-8(2)16-12(17-11)9-4-5-15-6-10(9)13/h4-6,14H,3,7H2,1-2H3. The molecule has 0 fully saturated rings. The van der Waals surface area contributed by atoms with Crippen LogP contribution in [0.3, 0.4) is 0 Å². The van der Waals surface area contributed by atoms with Crippen LogP contribution in [-0.4, -0.2) is 16.5 Å². The van der Waals surface area contributed by atoms with E-state index < -0.39 is 0 Å². The fourth-order valence-electron chi connectivity index (χ4n) is 1.49. The summed E-state index contributed by atoms with van der Waals surface area (Å²) in [5.74, 6) is -0.323. The van der Waals surface area contributed by atoms with E-state index in [0.717, 1.165) is 28.7 Å². The molecule has 2 aromatic rings. The summed E-state index contributed by atoms with van der Waals surface area (Å²) in [7, 11) is 0. The lowest BCUT2D eigenvalue weighted by Crippen LogP contribution is -2.11. The molecule has 0 saturated carbocycles. The van der Waals surface area contributed by atoms with Crippen LogP contribution in [0.5, 0.6) is 0 Å². The fourth-order valence-corrected chi connectivity index (χ4v) is 2.55. The predicted molar refractivity (Wildman–Crippen MR) is 67.4 cm³/mol. The molecule has 0 aliphatic carbocycles. The van der Waals surface area contributed by atoms with Gasteiger partial charge in [0.25, 0.3) is 0 Å². The van der Waals surface area contributed by atoms with Crippen LogP contribution in [0.2, 0.25) is 0 Å². The first-order valence-electron chi connectivity index (χ1n) is 5.49. The van der Waals surface area contributed by atoms with E-state index >= 15 is 0 Å². The Kier molecular flexibility index (Phi) is 3.81. The summed E-state index contributed by atoms with van der Waals surface area (Å²) in [6, 6.07) is 1.66.